The lowest BCUT2D eigenvalue weighted by Gasteiger charge is -2.10. The number of anilines is 1. The van der Waals surface area contributed by atoms with Crippen molar-refractivity contribution in [2.45, 2.75) is 32.0 Å². The zero-order valence-electron chi connectivity index (χ0n) is 17.7. The Morgan fingerprint density at radius 1 is 1.19 bits per heavy atom. The van der Waals surface area contributed by atoms with Gasteiger partial charge in [-0.2, -0.15) is 0 Å². The van der Waals surface area contributed by atoms with Crippen molar-refractivity contribution in [2.75, 3.05) is 17.6 Å². The van der Waals surface area contributed by atoms with Gasteiger partial charge in [0.1, 0.15) is 11.6 Å². The van der Waals surface area contributed by atoms with Crippen LogP contribution in [0, 0.1) is 12.7 Å². The number of benzene rings is 2. The monoisotopic (exact) mass is 475 g/mol. The minimum atomic E-state index is -0.563. The van der Waals surface area contributed by atoms with Crippen LogP contribution in [0.1, 0.15) is 28.7 Å². The number of amides is 2. The number of halogens is 2. The fourth-order valence-electron chi connectivity index (χ4n) is 3.00. The first-order valence-electron chi connectivity index (χ1n) is 10.0. The van der Waals surface area contributed by atoms with Gasteiger partial charge < -0.3 is 15.2 Å². The Labute approximate surface area is 194 Å². The number of rotatable bonds is 9. The first kappa shape index (κ1) is 23.7. The van der Waals surface area contributed by atoms with Crippen LogP contribution in [0.25, 0.3) is 0 Å². The second-order valence-electron chi connectivity index (χ2n) is 6.92. The van der Waals surface area contributed by atoms with Crippen molar-refractivity contribution in [1.82, 2.24) is 20.1 Å². The Bertz CT molecular complexity index is 1120. The van der Waals surface area contributed by atoms with Gasteiger partial charge in [-0.3, -0.25) is 9.59 Å². The van der Waals surface area contributed by atoms with Crippen LogP contribution in [0.4, 0.5) is 10.1 Å². The van der Waals surface area contributed by atoms with E-state index in [-0.39, 0.29) is 23.8 Å². The quantitative estimate of drug-likeness (QED) is 0.455. The van der Waals surface area contributed by atoms with E-state index in [9.17, 15) is 14.0 Å². The number of carbonyl (C=O) groups is 2. The highest BCUT2D eigenvalue weighted by atomic mass is 35.5. The molecule has 0 spiro atoms. The summed E-state index contributed by atoms with van der Waals surface area (Å²) in [5, 5.41) is 15.1. The van der Waals surface area contributed by atoms with Crippen LogP contribution in [-0.2, 0) is 17.8 Å². The van der Waals surface area contributed by atoms with E-state index in [4.69, 9.17) is 11.6 Å². The normalized spacial score (nSPS) is 10.8. The Kier molecular flexibility index (Phi) is 8.24. The zero-order valence-corrected chi connectivity index (χ0v) is 19.3. The zero-order chi connectivity index (χ0) is 23.1. The van der Waals surface area contributed by atoms with Gasteiger partial charge in [0.05, 0.1) is 11.3 Å². The molecule has 1 heterocycles. The summed E-state index contributed by atoms with van der Waals surface area (Å²) >= 11 is 7.27. The molecule has 2 amide bonds. The van der Waals surface area contributed by atoms with Gasteiger partial charge in [0.15, 0.2) is 5.16 Å². The standard InChI is InChI=1S/C22H23ClFN5O2S/c1-3-29-19(10-11-25-21(31)16-6-4-5-7-17(16)24)27-28-22(29)32-13-20(30)26-18-12-15(23)9-8-14(18)2/h4-9,12H,3,10-11,13H2,1-2H3,(H,25,31)(H,26,30). The van der Waals surface area contributed by atoms with Gasteiger partial charge in [-0.15, -0.1) is 10.2 Å². The average Bonchev–Trinajstić information content (AvgIpc) is 3.16. The molecule has 10 heteroatoms. The summed E-state index contributed by atoms with van der Waals surface area (Å²) in [6, 6.07) is 11.1. The summed E-state index contributed by atoms with van der Waals surface area (Å²) in [7, 11) is 0. The van der Waals surface area contributed by atoms with E-state index < -0.39 is 11.7 Å². The minimum absolute atomic E-state index is 0.00153. The number of aromatic nitrogens is 3. The van der Waals surface area contributed by atoms with E-state index >= 15 is 0 Å². The molecule has 7 nitrogen and oxygen atoms in total. The molecule has 0 radical (unpaired) electrons. The molecule has 3 aromatic rings. The van der Waals surface area contributed by atoms with Crippen LogP contribution < -0.4 is 10.6 Å². The largest absolute Gasteiger partial charge is 0.351 e. The molecule has 1 aromatic heterocycles. The highest BCUT2D eigenvalue weighted by molar-refractivity contribution is 7.99. The lowest BCUT2D eigenvalue weighted by Crippen LogP contribution is -2.27. The van der Waals surface area contributed by atoms with E-state index in [0.717, 1.165) is 5.56 Å². The van der Waals surface area contributed by atoms with Crippen molar-refractivity contribution in [3.63, 3.8) is 0 Å². The van der Waals surface area contributed by atoms with Crippen LogP contribution in [0.2, 0.25) is 5.02 Å². The first-order chi connectivity index (χ1) is 15.4. The second-order valence-corrected chi connectivity index (χ2v) is 8.30. The first-order valence-corrected chi connectivity index (χ1v) is 11.4. The fraction of sp³-hybridized carbons (Fsp3) is 0.273. The maximum absolute atomic E-state index is 13.7. The maximum atomic E-state index is 13.7. The summed E-state index contributed by atoms with van der Waals surface area (Å²) in [6.07, 6.45) is 0.426. The SMILES string of the molecule is CCn1c(CCNC(=O)c2ccccc2F)nnc1SCC(=O)Nc1cc(Cl)ccc1C. The van der Waals surface area contributed by atoms with Crippen LogP contribution in [-0.4, -0.2) is 38.9 Å². The summed E-state index contributed by atoms with van der Waals surface area (Å²) in [5.74, 6) is -0.381. The van der Waals surface area contributed by atoms with Crippen molar-refractivity contribution in [3.05, 3.63) is 70.3 Å². The van der Waals surface area contributed by atoms with Gasteiger partial charge in [-0.1, -0.05) is 41.6 Å². The van der Waals surface area contributed by atoms with E-state index in [0.29, 0.717) is 34.7 Å². The lowest BCUT2D eigenvalue weighted by atomic mass is 10.2. The smallest absolute Gasteiger partial charge is 0.254 e. The topological polar surface area (TPSA) is 88.9 Å². The van der Waals surface area contributed by atoms with Gasteiger partial charge in [-0.05, 0) is 43.7 Å². The third-order valence-electron chi connectivity index (χ3n) is 4.67. The van der Waals surface area contributed by atoms with Crippen molar-refractivity contribution in [3.8, 4) is 0 Å². The Hall–Kier alpha value is -2.91. The van der Waals surface area contributed by atoms with E-state index in [1.165, 1.54) is 30.0 Å². The van der Waals surface area contributed by atoms with E-state index in [1.807, 2.05) is 24.5 Å². The van der Waals surface area contributed by atoms with Gasteiger partial charge in [0.2, 0.25) is 5.91 Å². The molecular weight excluding hydrogens is 453 g/mol. The maximum Gasteiger partial charge on any atom is 0.254 e. The molecule has 0 aliphatic carbocycles. The molecule has 0 aliphatic heterocycles. The number of thioether (sulfide) groups is 1. The minimum Gasteiger partial charge on any atom is -0.351 e. The molecule has 0 bridgehead atoms. The van der Waals surface area contributed by atoms with Crippen LogP contribution in [0.15, 0.2) is 47.6 Å². The molecule has 2 aromatic carbocycles. The Morgan fingerprint density at radius 3 is 2.72 bits per heavy atom. The molecule has 3 rings (SSSR count). The van der Waals surface area contributed by atoms with Crippen LogP contribution in [0.3, 0.4) is 0 Å². The fourth-order valence-corrected chi connectivity index (χ4v) is 4.00. The molecule has 0 fully saturated rings. The third kappa shape index (κ3) is 6.08. The number of nitrogens with one attached hydrogen (secondary N) is 2. The van der Waals surface area contributed by atoms with Crippen molar-refractivity contribution in [2.24, 2.45) is 0 Å². The molecule has 2 N–H and O–H groups in total. The van der Waals surface area contributed by atoms with Crippen LogP contribution >= 0.6 is 23.4 Å². The predicted molar refractivity (Wildman–Crippen MR) is 124 cm³/mol. The Balaban J connectivity index is 1.54. The van der Waals surface area contributed by atoms with Crippen molar-refractivity contribution >= 4 is 40.9 Å². The Morgan fingerprint density at radius 2 is 1.97 bits per heavy atom. The molecular formula is C22H23ClFN5O2S. The third-order valence-corrected chi connectivity index (χ3v) is 5.87. The van der Waals surface area contributed by atoms with Gasteiger partial charge in [0, 0.05) is 30.2 Å². The van der Waals surface area contributed by atoms with Crippen molar-refractivity contribution in [1.29, 1.82) is 0 Å². The molecule has 168 valence electrons. The lowest BCUT2D eigenvalue weighted by molar-refractivity contribution is -0.113. The number of hydrogen-bond acceptors (Lipinski definition) is 5. The summed E-state index contributed by atoms with van der Waals surface area (Å²) in [6.45, 7) is 4.74. The summed E-state index contributed by atoms with van der Waals surface area (Å²) in [4.78, 5) is 24.5. The number of hydrogen-bond donors (Lipinski definition) is 2. The predicted octanol–water partition coefficient (Wildman–Crippen LogP) is 4.10. The average molecular weight is 476 g/mol. The highest BCUT2D eigenvalue weighted by Gasteiger charge is 2.15. The van der Waals surface area contributed by atoms with Gasteiger partial charge >= 0.3 is 0 Å². The molecule has 0 aliphatic rings. The molecule has 0 atom stereocenters. The van der Waals surface area contributed by atoms with Gasteiger partial charge in [-0.25, -0.2) is 4.39 Å². The molecule has 32 heavy (non-hydrogen) atoms. The second kappa shape index (κ2) is 11.1. The van der Waals surface area contributed by atoms with E-state index in [2.05, 4.69) is 20.8 Å². The number of carbonyl (C=O) groups excluding carboxylic acids is 2. The summed E-state index contributed by atoms with van der Waals surface area (Å²) < 4.78 is 15.6. The summed E-state index contributed by atoms with van der Waals surface area (Å²) in [5.41, 5.74) is 1.59. The van der Waals surface area contributed by atoms with Crippen molar-refractivity contribution < 1.29 is 14.0 Å². The molecule has 0 saturated heterocycles. The molecule has 0 saturated carbocycles. The number of aryl methyl sites for hydroxylation is 1. The number of nitrogens with zero attached hydrogens (tertiary/aromatic N) is 3. The molecule has 0 unspecified atom stereocenters. The van der Waals surface area contributed by atoms with E-state index in [1.54, 1.807) is 18.2 Å². The van der Waals surface area contributed by atoms with Gasteiger partial charge in [0.25, 0.3) is 5.91 Å². The van der Waals surface area contributed by atoms with Crippen LogP contribution in [0.5, 0.6) is 0 Å². The highest BCUT2D eigenvalue weighted by Crippen LogP contribution is 2.22.